The maximum absolute atomic E-state index is 13.4. The molecule has 2 heterocycles. The molecule has 1 aromatic heterocycles. The summed E-state index contributed by atoms with van der Waals surface area (Å²) in [7, 11) is 0. The summed E-state index contributed by atoms with van der Waals surface area (Å²) in [6, 6.07) is 16.0. The number of para-hydroxylation sites is 1. The molecule has 0 aliphatic carbocycles. The van der Waals surface area contributed by atoms with Crippen LogP contribution in [0.2, 0.25) is 15.1 Å². The van der Waals surface area contributed by atoms with Gasteiger partial charge in [0, 0.05) is 10.9 Å². The van der Waals surface area contributed by atoms with Crippen molar-refractivity contribution in [2.75, 3.05) is 4.90 Å². The molecule has 0 bridgehead atoms. The molecule has 11 heteroatoms. The van der Waals surface area contributed by atoms with Crippen molar-refractivity contribution in [1.82, 2.24) is 15.8 Å². The number of nitrogens with one attached hydrogen (secondary N) is 2. The second kappa shape index (κ2) is 10.1. The Morgan fingerprint density at radius 1 is 0.946 bits per heavy atom. The second-order valence-electron chi connectivity index (χ2n) is 8.22. The van der Waals surface area contributed by atoms with Crippen molar-refractivity contribution in [1.29, 1.82) is 0 Å². The molecule has 4 aromatic rings. The van der Waals surface area contributed by atoms with E-state index in [-0.39, 0.29) is 32.7 Å². The predicted octanol–water partition coefficient (Wildman–Crippen LogP) is 5.57. The Balaban J connectivity index is 1.39. The van der Waals surface area contributed by atoms with Crippen LogP contribution in [0.15, 0.2) is 66.7 Å². The fourth-order valence-electron chi connectivity index (χ4n) is 4.03. The number of rotatable bonds is 5. The number of amides is 3. The number of nitrogens with zero attached hydrogens (tertiary/aromatic N) is 2. The number of hydrogen-bond acceptors (Lipinski definition) is 5. The standard InChI is InChI=1S/C26H16Cl3FN4O3/c27-17-10-19(29)23(11-18(17)28)34-24(35)12-22(26(34)37)32-33-25(36)16-9-21(13-5-7-14(30)8-6-13)31-20-4-2-1-3-15(16)20/h1-11,22,32H,12H2,(H,33,36)/t22-/m1/s1. The van der Waals surface area contributed by atoms with Crippen LogP contribution in [-0.2, 0) is 9.59 Å². The van der Waals surface area contributed by atoms with Crippen molar-refractivity contribution in [2.45, 2.75) is 12.5 Å². The predicted molar refractivity (Wildman–Crippen MR) is 140 cm³/mol. The zero-order chi connectivity index (χ0) is 26.3. The van der Waals surface area contributed by atoms with E-state index in [4.69, 9.17) is 34.8 Å². The Morgan fingerprint density at radius 3 is 2.41 bits per heavy atom. The van der Waals surface area contributed by atoms with Gasteiger partial charge in [-0.1, -0.05) is 53.0 Å². The van der Waals surface area contributed by atoms with Gasteiger partial charge in [0.15, 0.2) is 0 Å². The molecule has 1 saturated heterocycles. The van der Waals surface area contributed by atoms with Crippen molar-refractivity contribution in [3.8, 4) is 11.3 Å². The van der Waals surface area contributed by atoms with Crippen LogP contribution in [0.4, 0.5) is 10.1 Å². The van der Waals surface area contributed by atoms with Crippen LogP contribution in [0.5, 0.6) is 0 Å². The van der Waals surface area contributed by atoms with Gasteiger partial charge in [-0.15, -0.1) is 0 Å². The third kappa shape index (κ3) is 4.89. The second-order valence-corrected chi connectivity index (χ2v) is 9.44. The first-order valence-electron chi connectivity index (χ1n) is 11.0. The fraction of sp³-hybridized carbons (Fsp3) is 0.0769. The van der Waals surface area contributed by atoms with Gasteiger partial charge in [0.2, 0.25) is 5.91 Å². The minimum Gasteiger partial charge on any atom is -0.287 e. The smallest absolute Gasteiger partial charge is 0.266 e. The minimum absolute atomic E-state index is 0.0809. The summed E-state index contributed by atoms with van der Waals surface area (Å²) >= 11 is 18.2. The summed E-state index contributed by atoms with van der Waals surface area (Å²) in [4.78, 5) is 44.3. The van der Waals surface area contributed by atoms with Crippen LogP contribution in [0.25, 0.3) is 22.2 Å². The Kier molecular flexibility index (Phi) is 6.83. The van der Waals surface area contributed by atoms with Crippen molar-refractivity contribution in [3.05, 3.63) is 93.2 Å². The number of halogens is 4. The number of benzene rings is 3. The van der Waals surface area contributed by atoms with Crippen LogP contribution >= 0.6 is 34.8 Å². The maximum Gasteiger partial charge on any atom is 0.266 e. The zero-order valence-corrected chi connectivity index (χ0v) is 21.0. The van der Waals surface area contributed by atoms with Crippen molar-refractivity contribution >= 4 is 69.1 Å². The van der Waals surface area contributed by atoms with E-state index in [2.05, 4.69) is 15.8 Å². The Bertz CT molecular complexity index is 1580. The molecule has 1 atom stereocenters. The van der Waals surface area contributed by atoms with Crippen molar-refractivity contribution in [2.24, 2.45) is 0 Å². The molecule has 0 saturated carbocycles. The van der Waals surface area contributed by atoms with E-state index in [1.165, 1.54) is 24.3 Å². The topological polar surface area (TPSA) is 91.4 Å². The lowest BCUT2D eigenvalue weighted by atomic mass is 10.0. The summed E-state index contributed by atoms with van der Waals surface area (Å²) < 4.78 is 13.4. The number of carbonyl (C=O) groups excluding carboxylic acids is 3. The van der Waals surface area contributed by atoms with Crippen molar-refractivity contribution < 1.29 is 18.8 Å². The number of anilines is 1. The molecule has 2 N–H and O–H groups in total. The molecule has 1 aliphatic heterocycles. The molecule has 0 spiro atoms. The summed E-state index contributed by atoms with van der Waals surface area (Å²) in [6.45, 7) is 0. The third-order valence-corrected chi connectivity index (χ3v) is 6.86. The molecule has 3 amide bonds. The maximum atomic E-state index is 13.4. The highest BCUT2D eigenvalue weighted by molar-refractivity contribution is 6.44. The van der Waals surface area contributed by atoms with Crippen LogP contribution in [0.1, 0.15) is 16.8 Å². The fourth-order valence-corrected chi connectivity index (χ4v) is 4.66. The largest absolute Gasteiger partial charge is 0.287 e. The molecule has 3 aromatic carbocycles. The molecule has 0 unspecified atom stereocenters. The summed E-state index contributed by atoms with van der Waals surface area (Å²) in [5.74, 6) is -2.07. The average molecular weight is 558 g/mol. The normalized spacial score (nSPS) is 15.5. The number of carbonyl (C=O) groups is 3. The molecule has 186 valence electrons. The number of pyridine rings is 1. The molecule has 0 radical (unpaired) electrons. The van der Waals surface area contributed by atoms with Gasteiger partial charge in [-0.05, 0) is 48.5 Å². The SMILES string of the molecule is O=C(NN[C@@H]1CC(=O)N(c2cc(Cl)c(Cl)cc2Cl)C1=O)c1cc(-c2ccc(F)cc2)nc2ccccc12. The van der Waals surface area contributed by atoms with Crippen LogP contribution in [-0.4, -0.2) is 28.7 Å². The molecular formula is C26H16Cl3FN4O3. The number of imide groups is 1. The highest BCUT2D eigenvalue weighted by atomic mass is 35.5. The Labute approximate surface area is 225 Å². The van der Waals surface area contributed by atoms with Gasteiger partial charge in [0.1, 0.15) is 11.9 Å². The van der Waals surface area contributed by atoms with E-state index in [0.29, 0.717) is 22.2 Å². The summed E-state index contributed by atoms with van der Waals surface area (Å²) in [6.07, 6.45) is -0.215. The highest BCUT2D eigenvalue weighted by Crippen LogP contribution is 2.36. The van der Waals surface area contributed by atoms with E-state index in [1.807, 2.05) is 0 Å². The number of hydrazine groups is 1. The first kappa shape index (κ1) is 25.1. The van der Waals surface area contributed by atoms with Gasteiger partial charge in [0.05, 0.1) is 44.0 Å². The lowest BCUT2D eigenvalue weighted by molar-refractivity contribution is -0.121. The number of fused-ring (bicyclic) bond motifs is 1. The van der Waals surface area contributed by atoms with Gasteiger partial charge in [0.25, 0.3) is 11.8 Å². The van der Waals surface area contributed by atoms with Crippen LogP contribution < -0.4 is 15.8 Å². The van der Waals surface area contributed by atoms with Gasteiger partial charge in [-0.3, -0.25) is 19.8 Å². The van der Waals surface area contributed by atoms with Gasteiger partial charge in [-0.25, -0.2) is 19.7 Å². The number of hydrogen-bond donors (Lipinski definition) is 2. The number of aromatic nitrogens is 1. The van der Waals surface area contributed by atoms with Gasteiger partial charge in [-0.2, -0.15) is 0 Å². The van der Waals surface area contributed by atoms with Crippen LogP contribution in [0, 0.1) is 5.82 Å². The molecule has 7 nitrogen and oxygen atoms in total. The Morgan fingerprint density at radius 2 is 1.65 bits per heavy atom. The first-order chi connectivity index (χ1) is 17.7. The minimum atomic E-state index is -1.04. The quantitative estimate of drug-likeness (QED) is 0.190. The molecule has 1 aliphatic rings. The van der Waals surface area contributed by atoms with E-state index >= 15 is 0 Å². The molecular weight excluding hydrogens is 542 g/mol. The monoisotopic (exact) mass is 556 g/mol. The van der Waals surface area contributed by atoms with E-state index in [9.17, 15) is 18.8 Å². The zero-order valence-electron chi connectivity index (χ0n) is 18.8. The lowest BCUT2D eigenvalue weighted by Gasteiger charge is -2.18. The molecule has 5 rings (SSSR count). The van der Waals surface area contributed by atoms with E-state index in [0.717, 1.165) is 4.90 Å². The van der Waals surface area contributed by atoms with E-state index < -0.39 is 29.6 Å². The van der Waals surface area contributed by atoms with Crippen LogP contribution in [0.3, 0.4) is 0 Å². The molecule has 1 fully saturated rings. The van der Waals surface area contributed by atoms with E-state index in [1.54, 1.807) is 42.5 Å². The summed E-state index contributed by atoms with van der Waals surface area (Å²) in [5.41, 5.74) is 7.21. The molecule has 37 heavy (non-hydrogen) atoms. The average Bonchev–Trinajstić information content (AvgIpc) is 3.17. The van der Waals surface area contributed by atoms with Crippen molar-refractivity contribution in [3.63, 3.8) is 0 Å². The summed E-state index contributed by atoms with van der Waals surface area (Å²) in [5, 5.41) is 0.969. The Hall–Kier alpha value is -3.56. The first-order valence-corrected chi connectivity index (χ1v) is 12.1. The van der Waals surface area contributed by atoms with Gasteiger partial charge < -0.3 is 0 Å². The lowest BCUT2D eigenvalue weighted by Crippen LogP contribution is -2.48. The van der Waals surface area contributed by atoms with Gasteiger partial charge >= 0.3 is 0 Å². The third-order valence-electron chi connectivity index (χ3n) is 5.84. The highest BCUT2D eigenvalue weighted by Gasteiger charge is 2.41.